The van der Waals surface area contributed by atoms with Crippen LogP contribution in [0.25, 0.3) is 0 Å². The third-order valence-corrected chi connectivity index (χ3v) is 7.16. The van der Waals surface area contributed by atoms with E-state index in [0.29, 0.717) is 12.8 Å². The number of nitrogens with one attached hydrogen (secondary N) is 1. The van der Waals surface area contributed by atoms with Crippen LogP contribution in [0, 0.1) is 18.3 Å². The first-order valence-corrected chi connectivity index (χ1v) is 10.1. The molecule has 0 aromatic heterocycles. The van der Waals surface area contributed by atoms with Crippen molar-refractivity contribution in [2.45, 2.75) is 45.6 Å². The lowest BCUT2D eigenvalue weighted by molar-refractivity contribution is -0.124. The molecule has 0 bridgehead atoms. The van der Waals surface area contributed by atoms with Crippen LogP contribution in [0.1, 0.15) is 44.2 Å². The Balaban J connectivity index is 1.66. The van der Waals surface area contributed by atoms with Gasteiger partial charge >= 0.3 is 0 Å². The van der Waals surface area contributed by atoms with Crippen LogP contribution in [0.3, 0.4) is 0 Å². The number of aryl methyl sites for hydroxylation is 1. The first-order valence-electron chi connectivity index (χ1n) is 8.23. The van der Waals surface area contributed by atoms with Crippen LogP contribution in [0.2, 0.25) is 0 Å². The number of hydrogen-bond acceptors (Lipinski definition) is 3. The molecule has 1 heterocycles. The topological polar surface area (TPSA) is 63.2 Å². The van der Waals surface area contributed by atoms with Crippen LogP contribution in [-0.4, -0.2) is 25.8 Å². The molecule has 1 aliphatic carbocycles. The summed E-state index contributed by atoms with van der Waals surface area (Å²) < 4.78 is 23.2. The number of rotatable bonds is 3. The van der Waals surface area contributed by atoms with Gasteiger partial charge in [-0.25, -0.2) is 8.42 Å². The summed E-state index contributed by atoms with van der Waals surface area (Å²) in [6.07, 6.45) is 2.11. The van der Waals surface area contributed by atoms with Crippen LogP contribution in [0.15, 0.2) is 24.3 Å². The zero-order valence-corrected chi connectivity index (χ0v) is 14.9. The maximum Gasteiger partial charge on any atom is 0.224 e. The SMILES string of the molecule is Cc1cccc(C(C)(C)NC(=O)[C@H]2CC23CCS(=O)(=O)CC3)c1. The van der Waals surface area contributed by atoms with Gasteiger partial charge in [-0.15, -0.1) is 0 Å². The van der Waals surface area contributed by atoms with Crippen molar-refractivity contribution in [2.75, 3.05) is 11.5 Å². The highest BCUT2D eigenvalue weighted by molar-refractivity contribution is 7.91. The highest BCUT2D eigenvalue weighted by Gasteiger charge is 2.59. The van der Waals surface area contributed by atoms with Gasteiger partial charge in [0.25, 0.3) is 0 Å². The van der Waals surface area contributed by atoms with E-state index in [9.17, 15) is 13.2 Å². The molecule has 1 saturated carbocycles. The van der Waals surface area contributed by atoms with Crippen LogP contribution in [0.4, 0.5) is 0 Å². The Morgan fingerprint density at radius 3 is 2.52 bits per heavy atom. The van der Waals surface area contributed by atoms with Gasteiger partial charge in [0.05, 0.1) is 17.0 Å². The van der Waals surface area contributed by atoms with E-state index >= 15 is 0 Å². The molecule has 0 unspecified atom stereocenters. The molecule has 126 valence electrons. The average Bonchev–Trinajstić information content (AvgIpc) is 3.17. The molecular weight excluding hydrogens is 310 g/mol. The molecule has 1 atom stereocenters. The minimum Gasteiger partial charge on any atom is -0.347 e. The molecule has 1 N–H and O–H groups in total. The van der Waals surface area contributed by atoms with Crippen molar-refractivity contribution in [1.82, 2.24) is 5.32 Å². The summed E-state index contributed by atoms with van der Waals surface area (Å²) in [5, 5.41) is 3.17. The van der Waals surface area contributed by atoms with Gasteiger partial charge in [-0.05, 0) is 51.0 Å². The summed E-state index contributed by atoms with van der Waals surface area (Å²) in [6, 6.07) is 8.17. The number of hydrogen-bond donors (Lipinski definition) is 1. The molecule has 0 radical (unpaired) electrons. The van der Waals surface area contributed by atoms with Crippen molar-refractivity contribution in [3.05, 3.63) is 35.4 Å². The van der Waals surface area contributed by atoms with Gasteiger partial charge in [0.15, 0.2) is 0 Å². The Morgan fingerprint density at radius 2 is 1.91 bits per heavy atom. The van der Waals surface area contributed by atoms with E-state index in [2.05, 4.69) is 11.4 Å². The molecule has 23 heavy (non-hydrogen) atoms. The van der Waals surface area contributed by atoms with Crippen molar-refractivity contribution in [3.63, 3.8) is 0 Å². The minimum atomic E-state index is -2.88. The molecule has 1 saturated heterocycles. The fraction of sp³-hybridized carbons (Fsp3) is 0.611. The summed E-state index contributed by atoms with van der Waals surface area (Å²) in [6.45, 7) is 6.07. The van der Waals surface area contributed by atoms with E-state index in [0.717, 1.165) is 12.0 Å². The third kappa shape index (κ3) is 3.30. The Kier molecular flexibility index (Phi) is 3.82. The maximum absolute atomic E-state index is 12.7. The van der Waals surface area contributed by atoms with Crippen LogP contribution < -0.4 is 5.32 Å². The second kappa shape index (κ2) is 5.33. The van der Waals surface area contributed by atoms with Gasteiger partial charge in [-0.2, -0.15) is 0 Å². The standard InChI is InChI=1S/C18H25NO3S/c1-13-5-4-6-14(11-13)17(2,3)19-16(20)15-12-18(15)7-9-23(21,22)10-8-18/h4-6,11,15H,7-10,12H2,1-3H3,(H,19,20)/t15-/m1/s1. The van der Waals surface area contributed by atoms with E-state index in [4.69, 9.17) is 0 Å². The highest BCUT2D eigenvalue weighted by atomic mass is 32.2. The van der Waals surface area contributed by atoms with Crippen molar-refractivity contribution >= 4 is 15.7 Å². The smallest absolute Gasteiger partial charge is 0.224 e. The summed E-state index contributed by atoms with van der Waals surface area (Å²) in [5.41, 5.74) is 1.78. The Bertz CT molecular complexity index is 722. The van der Waals surface area contributed by atoms with Crippen molar-refractivity contribution in [3.8, 4) is 0 Å². The largest absolute Gasteiger partial charge is 0.347 e. The van der Waals surface area contributed by atoms with E-state index in [1.807, 2.05) is 39.0 Å². The third-order valence-electron chi connectivity index (χ3n) is 5.50. The molecule has 1 amide bonds. The van der Waals surface area contributed by atoms with Gasteiger partial charge < -0.3 is 5.32 Å². The maximum atomic E-state index is 12.7. The highest BCUT2D eigenvalue weighted by Crippen LogP contribution is 2.60. The Hall–Kier alpha value is -1.36. The normalized spacial score (nSPS) is 25.1. The van der Waals surface area contributed by atoms with Gasteiger partial charge in [0.1, 0.15) is 9.84 Å². The molecule has 3 rings (SSSR count). The van der Waals surface area contributed by atoms with Crippen molar-refractivity contribution < 1.29 is 13.2 Å². The Labute approximate surface area is 138 Å². The molecule has 1 aromatic rings. The summed E-state index contributed by atoms with van der Waals surface area (Å²) in [4.78, 5) is 12.7. The number of benzene rings is 1. The van der Waals surface area contributed by atoms with E-state index < -0.39 is 15.4 Å². The molecule has 1 spiro atoms. The van der Waals surface area contributed by atoms with Gasteiger partial charge in [-0.3, -0.25) is 4.79 Å². The second-order valence-corrected chi connectivity index (χ2v) is 10.1. The molecular formula is C18H25NO3S. The Morgan fingerprint density at radius 1 is 1.26 bits per heavy atom. The second-order valence-electron chi connectivity index (χ2n) is 7.75. The molecule has 1 aliphatic heterocycles. The van der Waals surface area contributed by atoms with Crippen LogP contribution >= 0.6 is 0 Å². The lowest BCUT2D eigenvalue weighted by Gasteiger charge is -2.29. The van der Waals surface area contributed by atoms with Crippen LogP contribution in [-0.2, 0) is 20.2 Å². The fourth-order valence-electron chi connectivity index (χ4n) is 3.72. The summed E-state index contributed by atoms with van der Waals surface area (Å²) in [5.74, 6) is 0.508. The van der Waals surface area contributed by atoms with E-state index in [1.165, 1.54) is 5.56 Å². The van der Waals surface area contributed by atoms with Gasteiger partial charge in [0.2, 0.25) is 5.91 Å². The predicted molar refractivity (Wildman–Crippen MR) is 90.8 cm³/mol. The lowest BCUT2D eigenvalue weighted by atomic mass is 9.91. The molecule has 1 aromatic carbocycles. The first kappa shape index (κ1) is 16.5. The lowest BCUT2D eigenvalue weighted by Crippen LogP contribution is -2.43. The predicted octanol–water partition coefficient (Wildman–Crippen LogP) is 2.56. The number of carbonyl (C=O) groups excluding carboxylic acids is 1. The van der Waals surface area contributed by atoms with Gasteiger partial charge in [0, 0.05) is 5.92 Å². The fourth-order valence-corrected chi connectivity index (χ4v) is 5.36. The molecule has 2 aliphatic rings. The summed E-state index contributed by atoms with van der Waals surface area (Å²) in [7, 11) is -2.88. The summed E-state index contributed by atoms with van der Waals surface area (Å²) >= 11 is 0. The number of amides is 1. The first-order chi connectivity index (χ1) is 10.6. The van der Waals surface area contributed by atoms with Crippen LogP contribution in [0.5, 0.6) is 0 Å². The monoisotopic (exact) mass is 335 g/mol. The molecule has 5 heteroatoms. The number of sulfone groups is 1. The zero-order valence-electron chi connectivity index (χ0n) is 14.1. The minimum absolute atomic E-state index is 0.0258. The molecule has 4 nitrogen and oxygen atoms in total. The quantitative estimate of drug-likeness (QED) is 0.923. The van der Waals surface area contributed by atoms with E-state index in [1.54, 1.807) is 0 Å². The molecule has 2 fully saturated rings. The van der Waals surface area contributed by atoms with E-state index in [-0.39, 0.29) is 28.7 Å². The number of carbonyl (C=O) groups is 1. The van der Waals surface area contributed by atoms with Crippen molar-refractivity contribution in [2.24, 2.45) is 11.3 Å². The van der Waals surface area contributed by atoms with Crippen molar-refractivity contribution in [1.29, 1.82) is 0 Å². The average molecular weight is 335 g/mol. The van der Waals surface area contributed by atoms with Gasteiger partial charge in [-0.1, -0.05) is 29.8 Å². The zero-order chi connectivity index (χ0) is 16.9.